The van der Waals surface area contributed by atoms with Crippen LogP contribution in [0.3, 0.4) is 0 Å². The van der Waals surface area contributed by atoms with Crippen molar-refractivity contribution in [2.24, 2.45) is 0 Å². The molecule has 0 spiro atoms. The first-order valence-electron chi connectivity index (χ1n) is 7.92. The molecule has 1 aliphatic carbocycles. The van der Waals surface area contributed by atoms with Gasteiger partial charge < -0.3 is 15.0 Å². The van der Waals surface area contributed by atoms with Gasteiger partial charge in [-0.1, -0.05) is 30.3 Å². The van der Waals surface area contributed by atoms with Crippen molar-refractivity contribution in [2.45, 2.75) is 18.9 Å². The van der Waals surface area contributed by atoms with E-state index in [9.17, 15) is 0 Å². The van der Waals surface area contributed by atoms with Crippen LogP contribution >= 0.6 is 0 Å². The van der Waals surface area contributed by atoms with E-state index in [-0.39, 0.29) is 0 Å². The molecule has 22 heavy (non-hydrogen) atoms. The third-order valence-corrected chi connectivity index (χ3v) is 4.01. The van der Waals surface area contributed by atoms with Crippen LogP contribution in [0.5, 0.6) is 0 Å². The average molecular weight is 296 g/mol. The molecule has 1 aliphatic heterocycles. The standard InChI is InChI=1S/C17H20N4O/c1-2-4-13(5-3-1)15-12-16(18-14-6-7-14)20-17(19-15)21-8-10-22-11-9-21/h1-5,12,14H,6-11H2,(H,18,19,20). The van der Waals surface area contributed by atoms with E-state index in [1.807, 2.05) is 18.2 Å². The summed E-state index contributed by atoms with van der Waals surface area (Å²) in [6, 6.07) is 12.9. The van der Waals surface area contributed by atoms with Crippen LogP contribution < -0.4 is 10.2 Å². The van der Waals surface area contributed by atoms with Crippen LogP contribution in [0.4, 0.5) is 11.8 Å². The fourth-order valence-electron chi connectivity index (χ4n) is 2.61. The van der Waals surface area contributed by atoms with Gasteiger partial charge in [0.1, 0.15) is 5.82 Å². The first-order chi connectivity index (χ1) is 10.9. The van der Waals surface area contributed by atoms with Crippen molar-refractivity contribution in [1.82, 2.24) is 9.97 Å². The van der Waals surface area contributed by atoms with Crippen LogP contribution in [0.15, 0.2) is 36.4 Å². The molecule has 0 atom stereocenters. The third-order valence-electron chi connectivity index (χ3n) is 4.01. The van der Waals surface area contributed by atoms with Gasteiger partial charge in [0.25, 0.3) is 0 Å². The second kappa shape index (κ2) is 5.93. The van der Waals surface area contributed by atoms with Crippen LogP contribution in [0.2, 0.25) is 0 Å². The van der Waals surface area contributed by atoms with Crippen molar-refractivity contribution >= 4 is 11.8 Å². The smallest absolute Gasteiger partial charge is 0.228 e. The SMILES string of the molecule is c1ccc(-c2cc(NC3CC3)nc(N3CCOCC3)n2)cc1. The number of aromatic nitrogens is 2. The van der Waals surface area contributed by atoms with Crippen molar-refractivity contribution in [3.8, 4) is 11.3 Å². The second-order valence-corrected chi connectivity index (χ2v) is 5.82. The van der Waals surface area contributed by atoms with E-state index in [2.05, 4.69) is 28.4 Å². The zero-order valence-electron chi connectivity index (χ0n) is 12.5. The van der Waals surface area contributed by atoms with E-state index < -0.39 is 0 Å². The fourth-order valence-corrected chi connectivity index (χ4v) is 2.61. The summed E-state index contributed by atoms with van der Waals surface area (Å²) < 4.78 is 5.43. The molecule has 1 saturated carbocycles. The van der Waals surface area contributed by atoms with E-state index in [1.54, 1.807) is 0 Å². The summed E-state index contributed by atoms with van der Waals surface area (Å²) in [6.07, 6.45) is 2.47. The Bertz CT molecular complexity index is 636. The summed E-state index contributed by atoms with van der Waals surface area (Å²) in [5.74, 6) is 1.73. The Morgan fingerprint density at radius 2 is 1.82 bits per heavy atom. The number of hydrogen-bond acceptors (Lipinski definition) is 5. The Kier molecular flexibility index (Phi) is 3.64. The van der Waals surface area contributed by atoms with E-state index in [0.29, 0.717) is 6.04 Å². The minimum absolute atomic E-state index is 0.580. The largest absolute Gasteiger partial charge is 0.378 e. The number of rotatable bonds is 4. The summed E-state index contributed by atoms with van der Waals surface area (Å²) in [7, 11) is 0. The number of benzene rings is 1. The lowest BCUT2D eigenvalue weighted by Gasteiger charge is -2.27. The molecule has 5 nitrogen and oxygen atoms in total. The van der Waals surface area contributed by atoms with Crippen molar-refractivity contribution in [3.05, 3.63) is 36.4 Å². The molecule has 0 amide bonds. The maximum Gasteiger partial charge on any atom is 0.228 e. The van der Waals surface area contributed by atoms with Crippen LogP contribution in [-0.2, 0) is 4.74 Å². The predicted molar refractivity (Wildman–Crippen MR) is 87.1 cm³/mol. The van der Waals surface area contributed by atoms with Gasteiger partial charge in [0.05, 0.1) is 18.9 Å². The Balaban J connectivity index is 1.69. The molecule has 0 unspecified atom stereocenters. The molecule has 2 aliphatic rings. The van der Waals surface area contributed by atoms with Gasteiger partial charge in [-0.15, -0.1) is 0 Å². The Morgan fingerprint density at radius 3 is 2.55 bits per heavy atom. The second-order valence-electron chi connectivity index (χ2n) is 5.82. The summed E-state index contributed by atoms with van der Waals surface area (Å²) >= 11 is 0. The van der Waals surface area contributed by atoms with Crippen LogP contribution in [0, 0.1) is 0 Å². The van der Waals surface area contributed by atoms with Crippen molar-refractivity contribution < 1.29 is 4.74 Å². The molecular formula is C17H20N4O. The molecule has 0 radical (unpaired) electrons. The predicted octanol–water partition coefficient (Wildman–Crippen LogP) is 2.55. The average Bonchev–Trinajstić information content (AvgIpc) is 3.40. The molecule has 2 aromatic rings. The van der Waals surface area contributed by atoms with Crippen molar-refractivity contribution in [2.75, 3.05) is 36.5 Å². The number of nitrogens with zero attached hydrogens (tertiary/aromatic N) is 3. The van der Waals surface area contributed by atoms with E-state index >= 15 is 0 Å². The molecular weight excluding hydrogens is 276 g/mol. The third kappa shape index (κ3) is 3.04. The van der Waals surface area contributed by atoms with Crippen molar-refractivity contribution in [3.63, 3.8) is 0 Å². The molecule has 0 bridgehead atoms. The van der Waals surface area contributed by atoms with Gasteiger partial charge in [-0.05, 0) is 12.8 Å². The Morgan fingerprint density at radius 1 is 1.05 bits per heavy atom. The van der Waals surface area contributed by atoms with Gasteiger partial charge in [-0.2, -0.15) is 4.98 Å². The monoisotopic (exact) mass is 296 g/mol. The number of anilines is 2. The lowest BCUT2D eigenvalue weighted by molar-refractivity contribution is 0.122. The number of morpholine rings is 1. The fraction of sp³-hybridized carbons (Fsp3) is 0.412. The van der Waals surface area contributed by atoms with E-state index in [1.165, 1.54) is 12.8 Å². The van der Waals surface area contributed by atoms with Gasteiger partial charge in [0, 0.05) is 30.8 Å². The van der Waals surface area contributed by atoms with Gasteiger partial charge in [-0.3, -0.25) is 0 Å². The Hall–Kier alpha value is -2.14. The van der Waals surface area contributed by atoms with Gasteiger partial charge in [0.15, 0.2) is 0 Å². The molecule has 2 fully saturated rings. The lowest BCUT2D eigenvalue weighted by atomic mass is 10.1. The summed E-state index contributed by atoms with van der Waals surface area (Å²) in [5.41, 5.74) is 2.10. The highest BCUT2D eigenvalue weighted by Gasteiger charge is 2.23. The summed E-state index contributed by atoms with van der Waals surface area (Å²) in [5, 5.41) is 3.50. The van der Waals surface area contributed by atoms with E-state index in [4.69, 9.17) is 14.7 Å². The zero-order valence-corrected chi connectivity index (χ0v) is 12.5. The van der Waals surface area contributed by atoms with Crippen LogP contribution in [0.25, 0.3) is 11.3 Å². The Labute approximate surface area is 130 Å². The molecule has 2 heterocycles. The van der Waals surface area contributed by atoms with Crippen molar-refractivity contribution in [1.29, 1.82) is 0 Å². The van der Waals surface area contributed by atoms with E-state index in [0.717, 1.165) is 49.3 Å². The first-order valence-corrected chi connectivity index (χ1v) is 7.92. The lowest BCUT2D eigenvalue weighted by Crippen LogP contribution is -2.37. The zero-order chi connectivity index (χ0) is 14.8. The number of nitrogens with one attached hydrogen (secondary N) is 1. The highest BCUT2D eigenvalue weighted by atomic mass is 16.5. The molecule has 1 aromatic carbocycles. The minimum atomic E-state index is 0.580. The number of ether oxygens (including phenoxy) is 1. The van der Waals surface area contributed by atoms with Crippen LogP contribution in [0.1, 0.15) is 12.8 Å². The highest BCUT2D eigenvalue weighted by molar-refractivity contribution is 5.64. The quantitative estimate of drug-likeness (QED) is 0.939. The maximum absolute atomic E-state index is 5.43. The molecule has 5 heteroatoms. The normalized spacial score (nSPS) is 18.3. The molecule has 1 saturated heterocycles. The molecule has 114 valence electrons. The van der Waals surface area contributed by atoms with Gasteiger partial charge in [0.2, 0.25) is 5.95 Å². The topological polar surface area (TPSA) is 50.3 Å². The van der Waals surface area contributed by atoms with Gasteiger partial charge >= 0.3 is 0 Å². The molecule has 1 N–H and O–H groups in total. The molecule has 1 aromatic heterocycles. The van der Waals surface area contributed by atoms with Crippen LogP contribution in [-0.4, -0.2) is 42.3 Å². The minimum Gasteiger partial charge on any atom is -0.378 e. The summed E-state index contributed by atoms with van der Waals surface area (Å²) in [4.78, 5) is 11.7. The van der Waals surface area contributed by atoms with Gasteiger partial charge in [-0.25, -0.2) is 4.98 Å². The highest BCUT2D eigenvalue weighted by Crippen LogP contribution is 2.28. The molecule has 4 rings (SSSR count). The maximum atomic E-state index is 5.43. The summed E-state index contributed by atoms with van der Waals surface area (Å²) in [6.45, 7) is 3.18. The first kappa shape index (κ1) is 13.5. The number of hydrogen-bond donors (Lipinski definition) is 1.